The second kappa shape index (κ2) is 9.80. The maximum Gasteiger partial charge on any atom is 0.225 e. The van der Waals surface area contributed by atoms with Gasteiger partial charge in [-0.3, -0.25) is 14.9 Å². The Morgan fingerprint density at radius 3 is 2.79 bits per heavy atom. The molecular weight excluding hydrogens is 386 g/mol. The van der Waals surface area contributed by atoms with E-state index in [1.54, 1.807) is 18.9 Å². The molecule has 1 saturated heterocycles. The molecule has 0 aliphatic carbocycles. The molecule has 2 aromatic carbocycles. The molecule has 1 heterocycles. The number of hydrogen-bond donors (Lipinski definition) is 3. The largest absolute Gasteiger partial charge is 0.497 e. The van der Waals surface area contributed by atoms with Crippen molar-refractivity contribution in [1.82, 2.24) is 10.6 Å². The molecule has 0 spiro atoms. The maximum absolute atomic E-state index is 12.4. The minimum absolute atomic E-state index is 0.0455. The number of carbonyl (C=O) groups excluding carboxylic acids is 2. The Bertz CT molecular complexity index is 887. The van der Waals surface area contributed by atoms with Gasteiger partial charge in [0.25, 0.3) is 0 Å². The summed E-state index contributed by atoms with van der Waals surface area (Å²) in [6.45, 7) is 4.05. The normalized spacial score (nSPS) is 18.8. The van der Waals surface area contributed by atoms with Gasteiger partial charge in [-0.25, -0.2) is 0 Å². The smallest absolute Gasteiger partial charge is 0.225 e. The van der Waals surface area contributed by atoms with Crippen LogP contribution < -0.4 is 20.7 Å². The second-order valence-electron chi connectivity index (χ2n) is 7.23. The first-order chi connectivity index (χ1) is 13.9. The molecule has 154 valence electrons. The first kappa shape index (κ1) is 21.2. The van der Waals surface area contributed by atoms with E-state index in [4.69, 9.17) is 4.74 Å². The Labute approximate surface area is 175 Å². The predicted octanol–water partition coefficient (Wildman–Crippen LogP) is 3.34. The van der Waals surface area contributed by atoms with Crippen molar-refractivity contribution in [3.05, 3.63) is 59.2 Å². The number of benzene rings is 2. The van der Waals surface area contributed by atoms with Crippen LogP contribution in [0.25, 0.3) is 0 Å². The second-order valence-corrected chi connectivity index (χ2v) is 8.32. The molecule has 0 bridgehead atoms. The maximum atomic E-state index is 12.4. The lowest BCUT2D eigenvalue weighted by Gasteiger charge is -2.31. The van der Waals surface area contributed by atoms with Gasteiger partial charge in [-0.15, -0.1) is 11.8 Å². The van der Waals surface area contributed by atoms with Crippen LogP contribution in [0.3, 0.4) is 0 Å². The molecule has 0 saturated carbocycles. The molecule has 2 amide bonds. The third-order valence-corrected chi connectivity index (χ3v) is 5.97. The van der Waals surface area contributed by atoms with Crippen LogP contribution in [0.4, 0.5) is 5.69 Å². The van der Waals surface area contributed by atoms with Crippen LogP contribution in [-0.4, -0.2) is 30.5 Å². The summed E-state index contributed by atoms with van der Waals surface area (Å²) in [5.41, 5.74) is 3.97. The molecule has 3 N–H and O–H groups in total. The Morgan fingerprint density at radius 1 is 1.21 bits per heavy atom. The first-order valence-electron chi connectivity index (χ1n) is 9.60. The SMILES string of the molecule is COc1cccc(CSC2NC(=O)CC(CC(=O)Nc3ccc(C)c(C)c3)N2)c1. The summed E-state index contributed by atoms with van der Waals surface area (Å²) < 4.78 is 5.25. The molecule has 3 rings (SSSR count). The third-order valence-electron chi connectivity index (χ3n) is 4.88. The van der Waals surface area contributed by atoms with Crippen molar-refractivity contribution in [3.63, 3.8) is 0 Å². The minimum atomic E-state index is -0.234. The van der Waals surface area contributed by atoms with E-state index in [2.05, 4.69) is 16.0 Å². The Morgan fingerprint density at radius 2 is 2.03 bits per heavy atom. The van der Waals surface area contributed by atoms with Gasteiger partial charge < -0.3 is 15.4 Å². The highest BCUT2D eigenvalue weighted by Crippen LogP contribution is 2.22. The van der Waals surface area contributed by atoms with E-state index in [0.29, 0.717) is 0 Å². The third kappa shape index (κ3) is 6.24. The van der Waals surface area contributed by atoms with E-state index in [1.807, 2.05) is 56.3 Å². The minimum Gasteiger partial charge on any atom is -0.497 e. The molecular formula is C22H27N3O3S. The molecule has 29 heavy (non-hydrogen) atoms. The molecule has 2 unspecified atom stereocenters. The van der Waals surface area contributed by atoms with Crippen LogP contribution in [0, 0.1) is 13.8 Å². The molecule has 0 aromatic heterocycles. The Kier molecular flexibility index (Phi) is 7.17. The fourth-order valence-electron chi connectivity index (χ4n) is 3.16. The summed E-state index contributed by atoms with van der Waals surface area (Å²) in [5, 5.41) is 9.22. The van der Waals surface area contributed by atoms with E-state index < -0.39 is 0 Å². The van der Waals surface area contributed by atoms with Crippen molar-refractivity contribution in [1.29, 1.82) is 0 Å². The lowest BCUT2D eigenvalue weighted by Crippen LogP contribution is -2.55. The van der Waals surface area contributed by atoms with Crippen LogP contribution in [-0.2, 0) is 15.3 Å². The van der Waals surface area contributed by atoms with Gasteiger partial charge in [0.1, 0.15) is 11.2 Å². The molecule has 1 aliphatic heterocycles. The van der Waals surface area contributed by atoms with E-state index in [9.17, 15) is 9.59 Å². The number of ether oxygens (including phenoxy) is 1. The number of rotatable bonds is 7. The van der Waals surface area contributed by atoms with Gasteiger partial charge >= 0.3 is 0 Å². The van der Waals surface area contributed by atoms with Crippen molar-refractivity contribution in [2.75, 3.05) is 12.4 Å². The van der Waals surface area contributed by atoms with Crippen LogP contribution in [0.1, 0.15) is 29.5 Å². The molecule has 7 heteroatoms. The van der Waals surface area contributed by atoms with Gasteiger partial charge in [0.05, 0.1) is 7.11 Å². The van der Waals surface area contributed by atoms with Crippen molar-refractivity contribution in [3.8, 4) is 5.75 Å². The number of aryl methyl sites for hydroxylation is 2. The van der Waals surface area contributed by atoms with Gasteiger partial charge in [0.15, 0.2) is 0 Å². The highest BCUT2D eigenvalue weighted by Gasteiger charge is 2.27. The predicted molar refractivity (Wildman–Crippen MR) is 117 cm³/mol. The van der Waals surface area contributed by atoms with E-state index in [-0.39, 0.29) is 36.2 Å². The van der Waals surface area contributed by atoms with Crippen LogP contribution in [0.15, 0.2) is 42.5 Å². The number of thioether (sulfide) groups is 1. The van der Waals surface area contributed by atoms with Gasteiger partial charge in [0.2, 0.25) is 11.8 Å². The Balaban J connectivity index is 1.52. The monoisotopic (exact) mass is 413 g/mol. The van der Waals surface area contributed by atoms with Crippen molar-refractivity contribution >= 4 is 29.3 Å². The number of methoxy groups -OCH3 is 1. The number of amides is 2. The van der Waals surface area contributed by atoms with Crippen LogP contribution >= 0.6 is 11.8 Å². The number of anilines is 1. The number of nitrogens with one attached hydrogen (secondary N) is 3. The van der Waals surface area contributed by atoms with Gasteiger partial charge in [0, 0.05) is 30.3 Å². The standard InChI is InChI=1S/C22H27N3O3S/c1-14-7-8-17(9-15(14)2)23-20(26)11-18-12-21(27)25-22(24-18)29-13-16-5-4-6-19(10-16)28-3/h4-10,18,22,24H,11-13H2,1-3H3,(H,23,26)(H,25,27). The quantitative estimate of drug-likeness (QED) is 0.649. The molecule has 2 aromatic rings. The number of hydrogen-bond acceptors (Lipinski definition) is 5. The van der Waals surface area contributed by atoms with Crippen molar-refractivity contribution in [2.45, 2.75) is 44.0 Å². The molecule has 1 aliphatic rings. The summed E-state index contributed by atoms with van der Waals surface area (Å²) in [6, 6.07) is 13.5. The van der Waals surface area contributed by atoms with Crippen molar-refractivity contribution in [2.24, 2.45) is 0 Å². The lowest BCUT2D eigenvalue weighted by molar-refractivity contribution is -0.124. The number of carbonyl (C=O) groups is 2. The summed E-state index contributed by atoms with van der Waals surface area (Å²) in [4.78, 5) is 24.5. The Hall–Kier alpha value is -2.51. The lowest BCUT2D eigenvalue weighted by atomic mass is 10.1. The van der Waals surface area contributed by atoms with Crippen LogP contribution in [0.2, 0.25) is 0 Å². The van der Waals surface area contributed by atoms with Gasteiger partial charge in [-0.1, -0.05) is 18.2 Å². The highest BCUT2D eigenvalue weighted by atomic mass is 32.2. The molecule has 2 atom stereocenters. The summed E-state index contributed by atoms with van der Waals surface area (Å²) in [7, 11) is 1.64. The average Bonchev–Trinajstić information content (AvgIpc) is 2.69. The summed E-state index contributed by atoms with van der Waals surface area (Å²) in [5.74, 6) is 1.38. The molecule has 6 nitrogen and oxygen atoms in total. The van der Waals surface area contributed by atoms with Gasteiger partial charge in [-0.2, -0.15) is 0 Å². The average molecular weight is 414 g/mol. The zero-order valence-corrected chi connectivity index (χ0v) is 17.8. The van der Waals surface area contributed by atoms with E-state index in [1.165, 1.54) is 5.56 Å². The fraction of sp³-hybridized carbons (Fsp3) is 0.364. The van der Waals surface area contributed by atoms with Gasteiger partial charge in [-0.05, 0) is 54.8 Å². The topological polar surface area (TPSA) is 79.5 Å². The summed E-state index contributed by atoms with van der Waals surface area (Å²) in [6.07, 6.45) is 0.535. The zero-order chi connectivity index (χ0) is 20.8. The molecule has 1 fully saturated rings. The van der Waals surface area contributed by atoms with E-state index in [0.717, 1.165) is 28.3 Å². The zero-order valence-electron chi connectivity index (χ0n) is 17.0. The van der Waals surface area contributed by atoms with Crippen LogP contribution in [0.5, 0.6) is 5.75 Å². The first-order valence-corrected chi connectivity index (χ1v) is 10.6. The fourth-order valence-corrected chi connectivity index (χ4v) is 4.20. The molecule has 0 radical (unpaired) electrons. The highest BCUT2D eigenvalue weighted by molar-refractivity contribution is 7.99. The summed E-state index contributed by atoms with van der Waals surface area (Å²) >= 11 is 1.58. The van der Waals surface area contributed by atoms with Crippen molar-refractivity contribution < 1.29 is 14.3 Å². The van der Waals surface area contributed by atoms with E-state index >= 15 is 0 Å².